The fourth-order valence-electron chi connectivity index (χ4n) is 2.60. The van der Waals surface area contributed by atoms with Gasteiger partial charge in [-0.3, -0.25) is 0 Å². The van der Waals surface area contributed by atoms with Crippen molar-refractivity contribution >= 4 is 10.0 Å². The Morgan fingerprint density at radius 3 is 2.21 bits per heavy atom. The van der Waals surface area contributed by atoms with Gasteiger partial charge in [0, 0.05) is 6.04 Å². The van der Waals surface area contributed by atoms with E-state index in [2.05, 4.69) is 17.0 Å². The topological polar surface area (TPSA) is 58.2 Å². The standard InChI is InChI=1S/C14H28N2O2S/c1-2-9-15-10-3-4-11-19(17,18)16-14(12-5-6-12)13-7-8-13/h12-16H,2-11H2,1H3. The largest absolute Gasteiger partial charge is 0.317 e. The van der Waals surface area contributed by atoms with Crippen LogP contribution in [0.5, 0.6) is 0 Å². The molecule has 112 valence electrons. The second-order valence-electron chi connectivity index (χ2n) is 6.09. The molecule has 0 radical (unpaired) electrons. The zero-order chi connectivity index (χ0) is 13.7. The maximum absolute atomic E-state index is 12.1. The Morgan fingerprint density at radius 1 is 1.05 bits per heavy atom. The zero-order valence-corrected chi connectivity index (χ0v) is 12.8. The Hall–Kier alpha value is -0.130. The van der Waals surface area contributed by atoms with Crippen LogP contribution in [0.2, 0.25) is 0 Å². The molecular formula is C14H28N2O2S. The summed E-state index contributed by atoms with van der Waals surface area (Å²) in [5.74, 6) is 1.55. The highest BCUT2D eigenvalue weighted by Gasteiger charge is 2.43. The third-order valence-corrected chi connectivity index (χ3v) is 5.48. The Balaban J connectivity index is 1.63. The Morgan fingerprint density at radius 2 is 1.68 bits per heavy atom. The zero-order valence-electron chi connectivity index (χ0n) is 12.0. The van der Waals surface area contributed by atoms with Gasteiger partial charge in [0.25, 0.3) is 0 Å². The highest BCUT2D eigenvalue weighted by atomic mass is 32.2. The summed E-state index contributed by atoms with van der Waals surface area (Å²) in [5, 5.41) is 3.30. The van der Waals surface area contributed by atoms with Crippen molar-refractivity contribution in [1.82, 2.24) is 10.0 Å². The molecule has 2 aliphatic carbocycles. The van der Waals surface area contributed by atoms with Crippen molar-refractivity contribution < 1.29 is 8.42 Å². The quantitative estimate of drug-likeness (QED) is 0.571. The summed E-state index contributed by atoms with van der Waals surface area (Å²) < 4.78 is 27.1. The molecule has 2 saturated carbocycles. The number of hydrogen-bond acceptors (Lipinski definition) is 3. The second kappa shape index (κ2) is 7.04. The fourth-order valence-corrected chi connectivity index (χ4v) is 4.10. The molecule has 2 aliphatic rings. The van der Waals surface area contributed by atoms with Crippen molar-refractivity contribution in [2.24, 2.45) is 11.8 Å². The molecule has 0 aromatic heterocycles. The van der Waals surface area contributed by atoms with Gasteiger partial charge < -0.3 is 5.32 Å². The minimum atomic E-state index is -3.06. The number of hydrogen-bond donors (Lipinski definition) is 2. The average Bonchev–Trinajstić information content (AvgIpc) is 3.24. The molecule has 2 fully saturated rings. The van der Waals surface area contributed by atoms with Crippen LogP contribution in [0.25, 0.3) is 0 Å². The van der Waals surface area contributed by atoms with Gasteiger partial charge >= 0.3 is 0 Å². The summed E-state index contributed by atoms with van der Waals surface area (Å²) in [5.41, 5.74) is 0. The van der Waals surface area contributed by atoms with Crippen molar-refractivity contribution in [2.75, 3.05) is 18.8 Å². The van der Waals surface area contributed by atoms with Crippen molar-refractivity contribution in [3.8, 4) is 0 Å². The summed E-state index contributed by atoms with van der Waals surface area (Å²) in [7, 11) is -3.06. The molecule has 0 aliphatic heterocycles. The van der Waals surface area contributed by atoms with Crippen LogP contribution in [-0.4, -0.2) is 33.3 Å². The molecule has 0 heterocycles. The van der Waals surface area contributed by atoms with Gasteiger partial charge in [0.2, 0.25) is 10.0 Å². The van der Waals surface area contributed by atoms with E-state index >= 15 is 0 Å². The van der Waals surface area contributed by atoms with E-state index in [-0.39, 0.29) is 11.8 Å². The summed E-state index contributed by atoms with van der Waals surface area (Å²) in [4.78, 5) is 0. The van der Waals surface area contributed by atoms with E-state index in [9.17, 15) is 8.42 Å². The van der Waals surface area contributed by atoms with Crippen LogP contribution in [0.4, 0.5) is 0 Å². The van der Waals surface area contributed by atoms with Crippen LogP contribution >= 0.6 is 0 Å². The van der Waals surface area contributed by atoms with Gasteiger partial charge in [-0.05, 0) is 69.9 Å². The monoisotopic (exact) mass is 288 g/mol. The lowest BCUT2D eigenvalue weighted by atomic mass is 10.1. The third kappa shape index (κ3) is 5.79. The summed E-state index contributed by atoms with van der Waals surface area (Å²) in [6, 6.07) is 0.253. The molecule has 5 heteroatoms. The van der Waals surface area contributed by atoms with Crippen LogP contribution in [0.3, 0.4) is 0 Å². The first kappa shape index (κ1) is 15.3. The van der Waals surface area contributed by atoms with Crippen LogP contribution in [-0.2, 0) is 10.0 Å². The number of nitrogens with one attached hydrogen (secondary N) is 2. The van der Waals surface area contributed by atoms with Gasteiger partial charge in [-0.1, -0.05) is 6.92 Å². The van der Waals surface area contributed by atoms with Crippen LogP contribution in [0.1, 0.15) is 51.9 Å². The Bertz CT molecular complexity index is 350. The fraction of sp³-hybridized carbons (Fsp3) is 1.00. The van der Waals surface area contributed by atoms with E-state index in [0.717, 1.165) is 32.4 Å². The van der Waals surface area contributed by atoms with Crippen molar-refractivity contribution in [3.63, 3.8) is 0 Å². The van der Waals surface area contributed by atoms with Gasteiger partial charge in [0.15, 0.2) is 0 Å². The smallest absolute Gasteiger partial charge is 0.211 e. The number of rotatable bonds is 11. The number of unbranched alkanes of at least 4 members (excludes halogenated alkanes) is 1. The molecule has 0 saturated heterocycles. The van der Waals surface area contributed by atoms with Gasteiger partial charge in [0.1, 0.15) is 0 Å². The normalized spacial score (nSPS) is 20.1. The molecule has 0 atom stereocenters. The lowest BCUT2D eigenvalue weighted by Gasteiger charge is -2.17. The second-order valence-corrected chi connectivity index (χ2v) is 7.97. The molecule has 0 bridgehead atoms. The highest BCUT2D eigenvalue weighted by Crippen LogP contribution is 2.44. The molecule has 0 unspecified atom stereocenters. The maximum atomic E-state index is 12.1. The summed E-state index contributed by atoms with van der Waals surface area (Å²) in [6.45, 7) is 4.09. The van der Waals surface area contributed by atoms with Gasteiger partial charge in [-0.25, -0.2) is 13.1 Å². The van der Waals surface area contributed by atoms with E-state index in [1.165, 1.54) is 25.7 Å². The van der Waals surface area contributed by atoms with Crippen LogP contribution < -0.4 is 10.0 Å². The molecule has 0 aromatic carbocycles. The van der Waals surface area contributed by atoms with E-state index in [4.69, 9.17) is 0 Å². The lowest BCUT2D eigenvalue weighted by molar-refractivity contribution is 0.470. The SMILES string of the molecule is CCCNCCCCS(=O)(=O)NC(C1CC1)C1CC1. The van der Waals surface area contributed by atoms with Crippen LogP contribution in [0, 0.1) is 11.8 Å². The van der Waals surface area contributed by atoms with Crippen molar-refractivity contribution in [2.45, 2.75) is 57.9 Å². The first-order valence-corrected chi connectivity index (χ1v) is 9.48. The van der Waals surface area contributed by atoms with E-state index in [0.29, 0.717) is 11.8 Å². The van der Waals surface area contributed by atoms with E-state index in [1.807, 2.05) is 0 Å². The average molecular weight is 288 g/mol. The predicted molar refractivity (Wildman–Crippen MR) is 78.6 cm³/mol. The van der Waals surface area contributed by atoms with E-state index < -0.39 is 10.0 Å². The summed E-state index contributed by atoms with van der Waals surface area (Å²) in [6.07, 6.45) is 7.68. The van der Waals surface area contributed by atoms with Crippen molar-refractivity contribution in [3.05, 3.63) is 0 Å². The minimum Gasteiger partial charge on any atom is -0.317 e. The molecular weight excluding hydrogens is 260 g/mol. The number of sulfonamides is 1. The molecule has 2 rings (SSSR count). The summed E-state index contributed by atoms with van der Waals surface area (Å²) >= 11 is 0. The molecule has 0 spiro atoms. The predicted octanol–water partition coefficient (Wildman–Crippen LogP) is 1.87. The molecule has 2 N–H and O–H groups in total. The molecule has 0 amide bonds. The third-order valence-electron chi connectivity index (χ3n) is 4.02. The minimum absolute atomic E-state index is 0.253. The highest BCUT2D eigenvalue weighted by molar-refractivity contribution is 7.89. The van der Waals surface area contributed by atoms with Crippen molar-refractivity contribution in [1.29, 1.82) is 0 Å². The Kier molecular flexibility index (Phi) is 5.66. The molecule has 19 heavy (non-hydrogen) atoms. The lowest BCUT2D eigenvalue weighted by Crippen LogP contribution is -2.39. The molecule has 0 aromatic rings. The Labute approximate surface area is 117 Å². The maximum Gasteiger partial charge on any atom is 0.211 e. The van der Waals surface area contributed by atoms with Crippen LogP contribution in [0.15, 0.2) is 0 Å². The first-order chi connectivity index (χ1) is 9.12. The van der Waals surface area contributed by atoms with Gasteiger partial charge in [-0.2, -0.15) is 0 Å². The van der Waals surface area contributed by atoms with Gasteiger partial charge in [-0.15, -0.1) is 0 Å². The van der Waals surface area contributed by atoms with Gasteiger partial charge in [0.05, 0.1) is 5.75 Å². The van der Waals surface area contributed by atoms with E-state index in [1.54, 1.807) is 0 Å². The first-order valence-electron chi connectivity index (χ1n) is 7.83. The molecule has 4 nitrogen and oxygen atoms in total.